The van der Waals surface area contributed by atoms with Crippen molar-refractivity contribution in [3.05, 3.63) is 223 Å². The molecule has 1 aliphatic carbocycles. The highest BCUT2D eigenvalue weighted by molar-refractivity contribution is 6.06. The molecule has 0 fully saturated rings. The van der Waals surface area contributed by atoms with Gasteiger partial charge in [0.05, 0.1) is 5.69 Å². The summed E-state index contributed by atoms with van der Waals surface area (Å²) in [5.74, 6) is 0. The maximum absolute atomic E-state index is 2.47. The average Bonchev–Trinajstić information content (AvgIpc) is 3.51. The van der Waals surface area contributed by atoms with E-state index in [2.05, 4.69) is 231 Å². The third-order valence-electron chi connectivity index (χ3n) is 11.6. The Morgan fingerprint density at radius 3 is 1.25 bits per heavy atom. The van der Waals surface area contributed by atoms with Gasteiger partial charge in [-0.25, -0.2) is 0 Å². The highest BCUT2D eigenvalue weighted by Gasteiger charge is 2.40. The molecule has 0 amide bonds. The molecule has 10 rings (SSSR count). The van der Waals surface area contributed by atoms with Gasteiger partial charge >= 0.3 is 0 Å². The molecule has 56 heavy (non-hydrogen) atoms. The molecule has 0 N–H and O–H groups in total. The zero-order valence-corrected chi connectivity index (χ0v) is 31.7. The van der Waals surface area contributed by atoms with Crippen molar-refractivity contribution in [2.45, 2.75) is 19.3 Å². The summed E-state index contributed by atoms with van der Waals surface area (Å²) in [5, 5.41) is 2.55. The lowest BCUT2D eigenvalue weighted by molar-refractivity contribution is 0.666. The van der Waals surface area contributed by atoms with E-state index in [0.717, 1.165) is 11.4 Å². The predicted octanol–water partition coefficient (Wildman–Crippen LogP) is 15.3. The van der Waals surface area contributed by atoms with E-state index in [9.17, 15) is 0 Å². The minimum atomic E-state index is -0.200. The second kappa shape index (κ2) is 13.7. The second-order valence-electron chi connectivity index (χ2n) is 15.4. The van der Waals surface area contributed by atoms with Crippen molar-refractivity contribution >= 4 is 27.8 Å². The fraction of sp³-hybridized carbons (Fsp3) is 0.0545. The molecule has 0 bridgehead atoms. The summed E-state index contributed by atoms with van der Waals surface area (Å²) >= 11 is 0. The van der Waals surface area contributed by atoms with Crippen LogP contribution in [0.5, 0.6) is 0 Å². The van der Waals surface area contributed by atoms with Gasteiger partial charge in [-0.2, -0.15) is 0 Å². The van der Waals surface area contributed by atoms with Crippen LogP contribution in [0.15, 0.2) is 212 Å². The predicted molar refractivity (Wildman–Crippen MR) is 238 cm³/mol. The monoisotopic (exact) mass is 715 g/mol. The van der Waals surface area contributed by atoms with Crippen molar-refractivity contribution in [3.8, 4) is 55.6 Å². The summed E-state index contributed by atoms with van der Waals surface area (Å²) < 4.78 is 0. The smallest absolute Gasteiger partial charge is 0.0549 e. The highest BCUT2D eigenvalue weighted by Crippen LogP contribution is 2.57. The normalized spacial score (nSPS) is 12.6. The van der Waals surface area contributed by atoms with Crippen LogP contribution in [0.4, 0.5) is 17.1 Å². The number of hydrogen-bond donors (Lipinski definition) is 0. The summed E-state index contributed by atoms with van der Waals surface area (Å²) in [7, 11) is 0. The van der Waals surface area contributed by atoms with Gasteiger partial charge < -0.3 is 4.90 Å². The largest absolute Gasteiger partial charge is 0.310 e. The van der Waals surface area contributed by atoms with E-state index in [-0.39, 0.29) is 5.41 Å². The van der Waals surface area contributed by atoms with Crippen LogP contribution in [0.3, 0.4) is 0 Å². The van der Waals surface area contributed by atoms with Crippen LogP contribution in [0.1, 0.15) is 25.0 Å². The molecule has 0 atom stereocenters. The van der Waals surface area contributed by atoms with Gasteiger partial charge in [0.1, 0.15) is 0 Å². The van der Waals surface area contributed by atoms with Crippen molar-refractivity contribution in [2.24, 2.45) is 0 Å². The number of anilines is 3. The van der Waals surface area contributed by atoms with Gasteiger partial charge in [-0.05, 0) is 108 Å². The molecule has 1 nitrogen and oxygen atoms in total. The molecule has 0 radical (unpaired) electrons. The lowest BCUT2D eigenvalue weighted by Crippen LogP contribution is -2.17. The quantitative estimate of drug-likeness (QED) is 0.159. The summed E-state index contributed by atoms with van der Waals surface area (Å²) in [5.41, 5.74) is 18.3. The van der Waals surface area contributed by atoms with Gasteiger partial charge in [-0.15, -0.1) is 0 Å². The first-order valence-corrected chi connectivity index (χ1v) is 19.5. The molecule has 0 saturated carbocycles. The van der Waals surface area contributed by atoms with Crippen LogP contribution in [0.2, 0.25) is 0 Å². The van der Waals surface area contributed by atoms with Gasteiger partial charge in [0.15, 0.2) is 0 Å². The maximum atomic E-state index is 2.47. The minimum Gasteiger partial charge on any atom is -0.310 e. The number of fused-ring (bicyclic) bond motifs is 5. The Balaban J connectivity index is 1.16. The van der Waals surface area contributed by atoms with E-state index in [0.29, 0.717) is 0 Å². The topological polar surface area (TPSA) is 3.24 Å². The standard InChI is InChI=1S/C55H41N/c1-55(2)51-35-30-45(40-18-10-5-11-19-40)36-50(51)53-52(37-46-20-12-13-21-49(46)54(53)55)56(47-31-26-43(27-32-47)39-16-8-4-9-17-39)48-33-28-44(29-34-48)42-24-22-41(23-25-42)38-14-6-3-7-15-38/h3-37H,1-2H3. The summed E-state index contributed by atoms with van der Waals surface area (Å²) in [6.07, 6.45) is 0. The fourth-order valence-corrected chi connectivity index (χ4v) is 8.82. The SMILES string of the molecule is CC1(C)c2ccc(-c3ccccc3)cc2-c2c(N(c3ccc(-c4ccccc4)cc3)c3ccc(-c4ccc(-c5ccccc5)cc4)cc3)cc3ccccc3c21. The zero-order chi connectivity index (χ0) is 37.6. The number of nitrogens with zero attached hydrogens (tertiary/aromatic N) is 1. The van der Waals surface area contributed by atoms with Gasteiger partial charge in [0.2, 0.25) is 0 Å². The molecular weight excluding hydrogens is 675 g/mol. The van der Waals surface area contributed by atoms with E-state index in [4.69, 9.17) is 0 Å². The Bertz CT molecular complexity index is 2820. The molecule has 0 aliphatic heterocycles. The van der Waals surface area contributed by atoms with Gasteiger partial charge in [0.25, 0.3) is 0 Å². The molecule has 1 aliphatic rings. The van der Waals surface area contributed by atoms with Gasteiger partial charge in [-0.1, -0.05) is 190 Å². The van der Waals surface area contributed by atoms with E-state index in [1.165, 1.54) is 83.2 Å². The fourth-order valence-electron chi connectivity index (χ4n) is 8.82. The first-order valence-electron chi connectivity index (χ1n) is 19.5. The molecule has 266 valence electrons. The second-order valence-corrected chi connectivity index (χ2v) is 15.4. The van der Waals surface area contributed by atoms with E-state index in [1.807, 2.05) is 0 Å². The Kier molecular flexibility index (Phi) is 8.23. The molecule has 0 unspecified atom stereocenters. The Morgan fingerprint density at radius 1 is 0.357 bits per heavy atom. The first-order chi connectivity index (χ1) is 27.5. The number of hydrogen-bond acceptors (Lipinski definition) is 1. The lowest BCUT2D eigenvalue weighted by Gasteiger charge is -2.30. The molecule has 0 spiro atoms. The van der Waals surface area contributed by atoms with Crippen molar-refractivity contribution in [3.63, 3.8) is 0 Å². The molecule has 0 heterocycles. The zero-order valence-electron chi connectivity index (χ0n) is 31.7. The van der Waals surface area contributed by atoms with Crippen LogP contribution in [-0.4, -0.2) is 0 Å². The van der Waals surface area contributed by atoms with E-state index in [1.54, 1.807) is 0 Å². The summed E-state index contributed by atoms with van der Waals surface area (Å²) in [4.78, 5) is 2.47. The Morgan fingerprint density at radius 2 is 0.750 bits per heavy atom. The van der Waals surface area contributed by atoms with Crippen molar-refractivity contribution in [1.82, 2.24) is 0 Å². The Labute approximate surface area is 329 Å². The minimum absolute atomic E-state index is 0.200. The van der Waals surface area contributed by atoms with E-state index >= 15 is 0 Å². The van der Waals surface area contributed by atoms with Crippen LogP contribution in [-0.2, 0) is 5.41 Å². The Hall–Kier alpha value is -6.96. The molecule has 9 aromatic carbocycles. The maximum Gasteiger partial charge on any atom is 0.0549 e. The van der Waals surface area contributed by atoms with Crippen molar-refractivity contribution in [1.29, 1.82) is 0 Å². The van der Waals surface area contributed by atoms with Crippen molar-refractivity contribution in [2.75, 3.05) is 4.90 Å². The summed E-state index contributed by atoms with van der Waals surface area (Å²) in [6.45, 7) is 4.79. The van der Waals surface area contributed by atoms with Gasteiger partial charge in [-0.3, -0.25) is 0 Å². The van der Waals surface area contributed by atoms with Crippen LogP contribution >= 0.6 is 0 Å². The molecular formula is C55H41N. The van der Waals surface area contributed by atoms with Crippen molar-refractivity contribution < 1.29 is 0 Å². The third kappa shape index (κ3) is 5.81. The molecule has 1 heteroatoms. The first kappa shape index (κ1) is 33.6. The third-order valence-corrected chi connectivity index (χ3v) is 11.6. The van der Waals surface area contributed by atoms with Crippen LogP contribution in [0, 0.1) is 0 Å². The number of rotatable bonds is 7. The molecule has 0 saturated heterocycles. The average molecular weight is 716 g/mol. The highest BCUT2D eigenvalue weighted by atomic mass is 15.1. The van der Waals surface area contributed by atoms with Gasteiger partial charge in [0, 0.05) is 22.4 Å². The molecule has 0 aromatic heterocycles. The van der Waals surface area contributed by atoms with Crippen LogP contribution < -0.4 is 4.90 Å². The lowest BCUT2D eigenvalue weighted by atomic mass is 9.80. The number of benzene rings is 9. The summed E-state index contributed by atoms with van der Waals surface area (Å²) in [6, 6.07) is 77.5. The molecule has 9 aromatic rings. The van der Waals surface area contributed by atoms with E-state index < -0.39 is 0 Å². The van der Waals surface area contributed by atoms with Crippen LogP contribution in [0.25, 0.3) is 66.4 Å².